The highest BCUT2D eigenvalue weighted by Gasteiger charge is 2.19. The number of para-hydroxylation sites is 2. The van der Waals surface area contributed by atoms with Crippen LogP contribution in [0.1, 0.15) is 28.1 Å². The molecular weight excluding hydrogens is 627 g/mol. The van der Waals surface area contributed by atoms with Crippen LogP contribution in [0.2, 0.25) is 15.7 Å². The third-order valence-electron chi connectivity index (χ3n) is 6.23. The Bertz CT molecular complexity index is 1920. The summed E-state index contributed by atoms with van der Waals surface area (Å²) in [7, 11) is 6.56. The number of methoxy groups -OCH3 is 2. The average molecular weight is 656 g/mol. The van der Waals surface area contributed by atoms with Gasteiger partial charge >= 0.3 is 11.9 Å². The van der Waals surface area contributed by atoms with Crippen LogP contribution < -0.4 is 0 Å². The molecule has 0 spiro atoms. The fourth-order valence-corrected chi connectivity index (χ4v) is 4.68. The molecule has 44 heavy (non-hydrogen) atoms. The zero-order valence-corrected chi connectivity index (χ0v) is 25.7. The van der Waals surface area contributed by atoms with Gasteiger partial charge in [0.25, 0.3) is 0 Å². The number of fused-ring (bicyclic) bond motifs is 2. The first kappa shape index (κ1) is 34.0. The SMILES string of the molecule is C.COC(=O)c1cnc(Cl)nc1-c1cn(C)c2ccccc12.COC(=O)c1cnc(Cl)nc1Cl.Cn1ccc2ccccc21. The summed E-state index contributed by atoms with van der Waals surface area (Å²) in [6.07, 6.45) is 6.59. The number of carbonyl (C=O) groups excluding carboxylic acids is 2. The number of rotatable bonds is 3. The Morgan fingerprint density at radius 1 is 0.727 bits per heavy atom. The van der Waals surface area contributed by atoms with Gasteiger partial charge in [-0.15, -0.1) is 0 Å². The lowest BCUT2D eigenvalue weighted by Crippen LogP contribution is -2.06. The van der Waals surface area contributed by atoms with Gasteiger partial charge in [-0.3, -0.25) is 0 Å². The van der Waals surface area contributed by atoms with E-state index in [0.717, 1.165) is 16.5 Å². The molecule has 0 unspecified atom stereocenters. The molecule has 0 aliphatic carbocycles. The van der Waals surface area contributed by atoms with Crippen molar-refractivity contribution in [2.24, 2.45) is 14.1 Å². The Labute approximate surface area is 269 Å². The monoisotopic (exact) mass is 654 g/mol. The molecule has 0 amide bonds. The van der Waals surface area contributed by atoms with E-state index in [9.17, 15) is 9.59 Å². The fourth-order valence-electron chi connectivity index (χ4n) is 4.17. The number of esters is 2. The summed E-state index contributed by atoms with van der Waals surface area (Å²) in [5.41, 5.74) is 4.01. The van der Waals surface area contributed by atoms with E-state index in [-0.39, 0.29) is 28.7 Å². The molecule has 228 valence electrons. The summed E-state index contributed by atoms with van der Waals surface area (Å²) in [5.74, 6) is -1.08. The van der Waals surface area contributed by atoms with Gasteiger partial charge in [0.15, 0.2) is 0 Å². The van der Waals surface area contributed by atoms with Crippen molar-refractivity contribution in [2.45, 2.75) is 7.43 Å². The molecule has 0 N–H and O–H groups in total. The van der Waals surface area contributed by atoms with Gasteiger partial charge in [0.1, 0.15) is 16.3 Å². The summed E-state index contributed by atoms with van der Waals surface area (Å²) < 4.78 is 13.3. The molecule has 0 saturated heterocycles. The molecule has 6 rings (SSSR count). The number of carbonyl (C=O) groups is 2. The van der Waals surface area contributed by atoms with Crippen LogP contribution in [0.3, 0.4) is 0 Å². The van der Waals surface area contributed by atoms with Crippen LogP contribution in [-0.4, -0.2) is 55.2 Å². The van der Waals surface area contributed by atoms with E-state index in [4.69, 9.17) is 39.5 Å². The molecule has 0 fully saturated rings. The fraction of sp³-hybridized carbons (Fsp3) is 0.161. The molecule has 0 bridgehead atoms. The molecular formula is C31H29Cl3N6O4. The largest absolute Gasteiger partial charge is 0.465 e. The quantitative estimate of drug-likeness (QED) is 0.110. The highest BCUT2D eigenvalue weighted by atomic mass is 35.5. The maximum absolute atomic E-state index is 11.9. The van der Waals surface area contributed by atoms with Crippen molar-refractivity contribution < 1.29 is 19.1 Å². The molecule has 0 aliphatic heterocycles. The predicted molar refractivity (Wildman–Crippen MR) is 173 cm³/mol. The molecule has 0 aliphatic rings. The molecule has 4 heterocycles. The van der Waals surface area contributed by atoms with Crippen LogP contribution in [-0.2, 0) is 23.6 Å². The van der Waals surface area contributed by atoms with E-state index < -0.39 is 11.9 Å². The summed E-state index contributed by atoms with van der Waals surface area (Å²) in [6, 6.07) is 18.3. The maximum Gasteiger partial charge on any atom is 0.342 e. The van der Waals surface area contributed by atoms with Crippen molar-refractivity contribution in [2.75, 3.05) is 14.2 Å². The van der Waals surface area contributed by atoms with E-state index in [1.165, 1.54) is 37.5 Å². The molecule has 2 aromatic carbocycles. The van der Waals surface area contributed by atoms with E-state index >= 15 is 0 Å². The number of hydrogen-bond donors (Lipinski definition) is 0. The second-order valence-corrected chi connectivity index (χ2v) is 9.92. The number of aromatic nitrogens is 6. The lowest BCUT2D eigenvalue weighted by atomic mass is 10.1. The smallest absolute Gasteiger partial charge is 0.342 e. The van der Waals surface area contributed by atoms with E-state index in [1.54, 1.807) is 0 Å². The van der Waals surface area contributed by atoms with Gasteiger partial charge in [-0.2, -0.15) is 0 Å². The normalized spacial score (nSPS) is 10.2. The summed E-state index contributed by atoms with van der Waals surface area (Å²) in [5, 5.41) is 2.37. The Morgan fingerprint density at radius 2 is 1.30 bits per heavy atom. The van der Waals surface area contributed by atoms with Crippen LogP contribution in [0.4, 0.5) is 0 Å². The first-order chi connectivity index (χ1) is 20.6. The third kappa shape index (κ3) is 7.71. The van der Waals surface area contributed by atoms with Gasteiger partial charge in [0, 0.05) is 60.9 Å². The van der Waals surface area contributed by atoms with Gasteiger partial charge < -0.3 is 18.6 Å². The standard InChI is InChI=1S/C15H12ClN3O2.C9H9N.C6H4Cl2N2O2.CH4/c1-19-8-11(9-5-3-4-6-12(9)19)13-10(14(20)21-2)7-17-15(16)18-13;1-10-7-6-8-4-2-3-5-9(8)10;1-12-5(11)3-2-9-6(8)10-4(3)7;/h3-8H,1-2H3;2-7H,1H3;2H,1H3;1H4. The first-order valence-electron chi connectivity index (χ1n) is 12.6. The van der Waals surface area contributed by atoms with Crippen LogP contribution in [0.25, 0.3) is 33.1 Å². The van der Waals surface area contributed by atoms with Crippen LogP contribution >= 0.6 is 34.8 Å². The highest BCUT2D eigenvalue weighted by molar-refractivity contribution is 6.33. The topological polar surface area (TPSA) is 114 Å². The molecule has 13 heteroatoms. The van der Waals surface area contributed by atoms with E-state index in [1.807, 2.05) is 42.1 Å². The molecule has 10 nitrogen and oxygen atoms in total. The van der Waals surface area contributed by atoms with Crippen molar-refractivity contribution in [1.29, 1.82) is 0 Å². The molecule has 0 saturated carbocycles. The number of hydrogen-bond acceptors (Lipinski definition) is 8. The minimum absolute atomic E-state index is 0. The number of aryl methyl sites for hydroxylation is 2. The van der Waals surface area contributed by atoms with E-state index in [2.05, 4.69) is 72.8 Å². The van der Waals surface area contributed by atoms with Gasteiger partial charge in [0.2, 0.25) is 10.6 Å². The van der Waals surface area contributed by atoms with Crippen molar-refractivity contribution in [3.63, 3.8) is 0 Å². The summed E-state index contributed by atoms with van der Waals surface area (Å²) in [6.45, 7) is 0. The van der Waals surface area contributed by atoms with Crippen molar-refractivity contribution in [3.05, 3.63) is 106 Å². The van der Waals surface area contributed by atoms with Crippen LogP contribution in [0.5, 0.6) is 0 Å². The number of halogens is 3. The van der Waals surface area contributed by atoms with Crippen LogP contribution in [0, 0.1) is 0 Å². The lowest BCUT2D eigenvalue weighted by Gasteiger charge is -2.06. The zero-order chi connectivity index (χ0) is 31.1. The third-order valence-corrected chi connectivity index (χ3v) is 6.88. The number of benzene rings is 2. The van der Waals surface area contributed by atoms with Gasteiger partial charge in [-0.25, -0.2) is 29.5 Å². The Hall–Kier alpha value is -4.51. The van der Waals surface area contributed by atoms with Crippen molar-refractivity contribution in [3.8, 4) is 11.3 Å². The minimum Gasteiger partial charge on any atom is -0.465 e. The second-order valence-electron chi connectivity index (χ2n) is 8.88. The minimum atomic E-state index is -0.586. The highest BCUT2D eigenvalue weighted by Crippen LogP contribution is 2.31. The molecule has 0 radical (unpaired) electrons. The average Bonchev–Trinajstić information content (AvgIpc) is 3.56. The second kappa shape index (κ2) is 15.3. The van der Waals surface area contributed by atoms with Gasteiger partial charge in [-0.05, 0) is 46.8 Å². The lowest BCUT2D eigenvalue weighted by molar-refractivity contribution is 0.0591. The Balaban J connectivity index is 0.000000195. The molecule has 0 atom stereocenters. The van der Waals surface area contributed by atoms with Gasteiger partial charge in [0.05, 0.1) is 19.9 Å². The summed E-state index contributed by atoms with van der Waals surface area (Å²) >= 11 is 16.9. The van der Waals surface area contributed by atoms with Gasteiger partial charge in [-0.1, -0.05) is 55.4 Å². The van der Waals surface area contributed by atoms with E-state index in [0.29, 0.717) is 11.3 Å². The number of nitrogens with zero attached hydrogens (tertiary/aromatic N) is 6. The zero-order valence-electron chi connectivity index (χ0n) is 23.5. The Kier molecular flexibility index (Phi) is 11.8. The summed E-state index contributed by atoms with van der Waals surface area (Å²) in [4.78, 5) is 38.0. The molecule has 4 aromatic heterocycles. The molecule has 6 aromatic rings. The first-order valence-corrected chi connectivity index (χ1v) is 13.7. The van der Waals surface area contributed by atoms with Crippen molar-refractivity contribution in [1.82, 2.24) is 29.1 Å². The predicted octanol–water partition coefficient (Wildman–Crippen LogP) is 7.46. The Morgan fingerprint density at radius 3 is 1.93 bits per heavy atom. The maximum atomic E-state index is 11.9. The van der Waals surface area contributed by atoms with Crippen molar-refractivity contribution >= 4 is 68.5 Å². The van der Waals surface area contributed by atoms with Crippen LogP contribution in [0.15, 0.2) is 79.4 Å². The number of ether oxygens (including phenoxy) is 2.